The second kappa shape index (κ2) is 6.69. The Balaban J connectivity index is 1.86. The molecule has 0 saturated carbocycles. The average Bonchev–Trinajstić information content (AvgIpc) is 2.43. The zero-order valence-corrected chi connectivity index (χ0v) is 11.5. The van der Waals surface area contributed by atoms with Crippen LogP contribution in [0.25, 0.3) is 6.08 Å². The molecule has 0 spiro atoms. The van der Waals surface area contributed by atoms with E-state index in [2.05, 4.69) is 79.5 Å². The maximum atomic E-state index is 4.39. The van der Waals surface area contributed by atoms with Gasteiger partial charge in [-0.2, -0.15) is 0 Å². The zero-order chi connectivity index (χ0) is 13.5. The summed E-state index contributed by atoms with van der Waals surface area (Å²) < 4.78 is 0. The van der Waals surface area contributed by atoms with Crippen LogP contribution in [0.15, 0.2) is 59.6 Å². The Morgan fingerprint density at radius 2 is 1.32 bits per heavy atom. The van der Waals surface area contributed by atoms with Gasteiger partial charge in [-0.3, -0.25) is 4.99 Å². The van der Waals surface area contributed by atoms with Gasteiger partial charge in [0.25, 0.3) is 0 Å². The Hall–Kier alpha value is -2.15. The van der Waals surface area contributed by atoms with Gasteiger partial charge in [-0.15, -0.1) is 0 Å². The minimum atomic E-state index is 0.710. The maximum Gasteiger partial charge on any atom is 0.0573 e. The first-order chi connectivity index (χ1) is 9.24. The standard InChI is InChI=1S/C18H19N/c1-15-5-9-17(10-6-15)4-3-13-19-14-18-11-7-16(2)8-12-18/h3-12,14H,13H2,1-2H3. The lowest BCUT2D eigenvalue weighted by Gasteiger charge is -1.94. The molecule has 0 aliphatic heterocycles. The van der Waals surface area contributed by atoms with Crippen molar-refractivity contribution < 1.29 is 0 Å². The Kier molecular flexibility index (Phi) is 4.68. The third-order valence-corrected chi connectivity index (χ3v) is 2.92. The van der Waals surface area contributed by atoms with Crippen molar-refractivity contribution in [2.24, 2.45) is 4.99 Å². The molecule has 0 saturated heterocycles. The molecule has 0 heterocycles. The molecule has 1 nitrogen and oxygen atoms in total. The Morgan fingerprint density at radius 3 is 1.89 bits per heavy atom. The van der Waals surface area contributed by atoms with E-state index in [1.165, 1.54) is 16.7 Å². The minimum Gasteiger partial charge on any atom is -0.288 e. The van der Waals surface area contributed by atoms with E-state index in [1.54, 1.807) is 0 Å². The summed E-state index contributed by atoms with van der Waals surface area (Å²) in [5.41, 5.74) is 4.93. The summed E-state index contributed by atoms with van der Waals surface area (Å²) in [5.74, 6) is 0. The quantitative estimate of drug-likeness (QED) is 0.710. The van der Waals surface area contributed by atoms with Crippen molar-refractivity contribution in [1.29, 1.82) is 0 Å². The van der Waals surface area contributed by atoms with Crippen molar-refractivity contribution in [3.05, 3.63) is 76.9 Å². The fourth-order valence-electron chi connectivity index (χ4n) is 1.74. The molecule has 0 N–H and O–H groups in total. The van der Waals surface area contributed by atoms with Gasteiger partial charge in [0.1, 0.15) is 0 Å². The average molecular weight is 249 g/mol. The molecule has 2 aromatic rings. The maximum absolute atomic E-state index is 4.39. The fourth-order valence-corrected chi connectivity index (χ4v) is 1.74. The molecular weight excluding hydrogens is 230 g/mol. The van der Waals surface area contributed by atoms with Gasteiger partial charge >= 0.3 is 0 Å². The normalized spacial score (nSPS) is 11.5. The van der Waals surface area contributed by atoms with Crippen LogP contribution in [0.1, 0.15) is 22.3 Å². The van der Waals surface area contributed by atoms with Crippen LogP contribution in [0.3, 0.4) is 0 Å². The summed E-state index contributed by atoms with van der Waals surface area (Å²) in [4.78, 5) is 4.39. The molecule has 0 bridgehead atoms. The summed E-state index contributed by atoms with van der Waals surface area (Å²) in [7, 11) is 0. The number of rotatable bonds is 4. The Morgan fingerprint density at radius 1 is 0.789 bits per heavy atom. The SMILES string of the molecule is Cc1ccc(C=CCN=Cc2ccc(C)cc2)cc1. The largest absolute Gasteiger partial charge is 0.288 e. The first-order valence-corrected chi connectivity index (χ1v) is 6.54. The second-order valence-electron chi connectivity index (χ2n) is 4.72. The molecule has 0 aromatic heterocycles. The summed E-state index contributed by atoms with van der Waals surface area (Å²) in [6.45, 7) is 4.90. The van der Waals surface area contributed by atoms with Crippen molar-refractivity contribution in [2.75, 3.05) is 6.54 Å². The van der Waals surface area contributed by atoms with Crippen LogP contribution < -0.4 is 0 Å². The highest BCUT2D eigenvalue weighted by Crippen LogP contribution is 2.05. The first-order valence-electron chi connectivity index (χ1n) is 6.54. The molecule has 0 unspecified atom stereocenters. The molecule has 0 fully saturated rings. The van der Waals surface area contributed by atoms with E-state index in [4.69, 9.17) is 0 Å². The van der Waals surface area contributed by atoms with Gasteiger partial charge in [-0.25, -0.2) is 0 Å². The van der Waals surface area contributed by atoms with Crippen molar-refractivity contribution in [3.63, 3.8) is 0 Å². The lowest BCUT2D eigenvalue weighted by molar-refractivity contribution is 1.26. The van der Waals surface area contributed by atoms with E-state index in [0.29, 0.717) is 6.54 Å². The Bertz CT molecular complexity index is 506. The van der Waals surface area contributed by atoms with Gasteiger partial charge in [0, 0.05) is 6.21 Å². The monoisotopic (exact) mass is 249 g/mol. The summed E-state index contributed by atoms with van der Waals surface area (Å²) in [6.07, 6.45) is 6.10. The van der Waals surface area contributed by atoms with Crippen molar-refractivity contribution in [2.45, 2.75) is 13.8 Å². The molecule has 19 heavy (non-hydrogen) atoms. The van der Waals surface area contributed by atoms with E-state index in [-0.39, 0.29) is 0 Å². The van der Waals surface area contributed by atoms with Crippen LogP contribution in [0.2, 0.25) is 0 Å². The van der Waals surface area contributed by atoms with Gasteiger partial charge in [0.05, 0.1) is 6.54 Å². The first kappa shape index (κ1) is 13.3. The van der Waals surface area contributed by atoms with E-state index in [1.807, 2.05) is 6.21 Å². The fraction of sp³-hybridized carbons (Fsp3) is 0.167. The highest BCUT2D eigenvalue weighted by molar-refractivity contribution is 5.79. The van der Waals surface area contributed by atoms with E-state index < -0.39 is 0 Å². The van der Waals surface area contributed by atoms with Gasteiger partial charge in [0.2, 0.25) is 0 Å². The molecule has 1 heteroatoms. The van der Waals surface area contributed by atoms with Crippen molar-refractivity contribution >= 4 is 12.3 Å². The van der Waals surface area contributed by atoms with Gasteiger partial charge in [-0.1, -0.05) is 71.8 Å². The van der Waals surface area contributed by atoms with Crippen LogP contribution in [-0.2, 0) is 0 Å². The Labute approximate surface area is 115 Å². The van der Waals surface area contributed by atoms with Crippen LogP contribution in [0.4, 0.5) is 0 Å². The predicted molar refractivity (Wildman–Crippen MR) is 83.9 cm³/mol. The highest BCUT2D eigenvalue weighted by Gasteiger charge is 1.87. The van der Waals surface area contributed by atoms with Crippen LogP contribution in [-0.4, -0.2) is 12.8 Å². The molecule has 2 aromatic carbocycles. The molecule has 0 radical (unpaired) electrons. The number of nitrogens with zero attached hydrogens (tertiary/aromatic N) is 1. The van der Waals surface area contributed by atoms with Crippen molar-refractivity contribution in [3.8, 4) is 0 Å². The van der Waals surface area contributed by atoms with E-state index >= 15 is 0 Å². The molecule has 0 aliphatic rings. The minimum absolute atomic E-state index is 0.710. The van der Waals surface area contributed by atoms with Crippen LogP contribution >= 0.6 is 0 Å². The summed E-state index contributed by atoms with van der Waals surface area (Å²) in [6, 6.07) is 16.9. The van der Waals surface area contributed by atoms with Gasteiger partial charge in [0.15, 0.2) is 0 Å². The number of hydrogen-bond acceptors (Lipinski definition) is 1. The smallest absolute Gasteiger partial charge is 0.0573 e. The topological polar surface area (TPSA) is 12.4 Å². The number of hydrogen-bond donors (Lipinski definition) is 0. The third kappa shape index (κ3) is 4.55. The molecular formula is C18H19N. The van der Waals surface area contributed by atoms with Crippen LogP contribution in [0, 0.1) is 13.8 Å². The van der Waals surface area contributed by atoms with Crippen molar-refractivity contribution in [1.82, 2.24) is 0 Å². The van der Waals surface area contributed by atoms with E-state index in [9.17, 15) is 0 Å². The molecule has 96 valence electrons. The number of aliphatic imine (C=N–C) groups is 1. The van der Waals surface area contributed by atoms with Gasteiger partial charge < -0.3 is 0 Å². The lowest BCUT2D eigenvalue weighted by Crippen LogP contribution is -1.82. The predicted octanol–water partition coefficient (Wildman–Crippen LogP) is 4.44. The van der Waals surface area contributed by atoms with E-state index in [0.717, 1.165) is 5.56 Å². The highest BCUT2D eigenvalue weighted by atomic mass is 14.7. The number of aryl methyl sites for hydroxylation is 2. The third-order valence-electron chi connectivity index (χ3n) is 2.92. The molecule has 0 aliphatic carbocycles. The summed E-state index contributed by atoms with van der Waals surface area (Å²) >= 11 is 0. The lowest BCUT2D eigenvalue weighted by atomic mass is 10.1. The second-order valence-corrected chi connectivity index (χ2v) is 4.72. The molecule has 0 amide bonds. The molecule has 0 atom stereocenters. The number of benzene rings is 2. The molecule has 2 rings (SSSR count). The zero-order valence-electron chi connectivity index (χ0n) is 11.5. The van der Waals surface area contributed by atoms with Gasteiger partial charge in [-0.05, 0) is 25.0 Å². The summed E-state index contributed by atoms with van der Waals surface area (Å²) in [5, 5.41) is 0. The van der Waals surface area contributed by atoms with Crippen LogP contribution in [0.5, 0.6) is 0 Å².